The second kappa shape index (κ2) is 7.66. The summed E-state index contributed by atoms with van der Waals surface area (Å²) in [6, 6.07) is 18.8. The number of hydrogen-bond acceptors (Lipinski definition) is 4. The number of methoxy groups -OCH3 is 2. The minimum Gasteiger partial charge on any atom is -0.497 e. The Labute approximate surface area is 160 Å². The highest BCUT2D eigenvalue weighted by Gasteiger charge is 2.28. The fraction of sp³-hybridized carbons (Fsp3) is 0.238. The first-order valence-corrected chi connectivity index (χ1v) is 12.2. The maximum atomic E-state index is 5.85. The van der Waals surface area contributed by atoms with Gasteiger partial charge >= 0.3 is 0 Å². The maximum absolute atomic E-state index is 5.85. The van der Waals surface area contributed by atoms with Crippen LogP contribution in [0.4, 0.5) is 0 Å². The van der Waals surface area contributed by atoms with Crippen molar-refractivity contribution < 1.29 is 13.9 Å². The topological polar surface area (TPSA) is 27.7 Å². The van der Waals surface area contributed by atoms with E-state index in [1.54, 1.807) is 14.2 Å². The zero-order chi connectivity index (χ0) is 18.7. The van der Waals surface area contributed by atoms with Gasteiger partial charge in [0.1, 0.15) is 11.5 Å². The Morgan fingerprint density at radius 1 is 0.731 bits per heavy atom. The van der Waals surface area contributed by atoms with Gasteiger partial charge in [-0.25, -0.2) is 0 Å². The van der Waals surface area contributed by atoms with Crippen LogP contribution in [0.5, 0.6) is 11.5 Å². The van der Waals surface area contributed by atoms with E-state index in [0.717, 1.165) is 11.5 Å². The number of benzene rings is 2. The summed E-state index contributed by atoms with van der Waals surface area (Å²) in [7, 11) is 3.29. The van der Waals surface area contributed by atoms with E-state index in [2.05, 4.69) is 43.4 Å². The first-order chi connectivity index (χ1) is 12.5. The van der Waals surface area contributed by atoms with Crippen molar-refractivity contribution >= 4 is 24.2 Å². The van der Waals surface area contributed by atoms with E-state index in [1.165, 1.54) is 26.1 Å². The van der Waals surface area contributed by atoms with Crippen molar-refractivity contribution in [1.29, 1.82) is 0 Å². The van der Waals surface area contributed by atoms with Crippen LogP contribution < -0.4 is 14.0 Å². The average Bonchev–Trinajstić information content (AvgIpc) is 3.14. The van der Waals surface area contributed by atoms with Gasteiger partial charge in [-0.15, -0.1) is 11.3 Å². The van der Waals surface area contributed by atoms with Crippen molar-refractivity contribution in [2.24, 2.45) is 0 Å². The van der Waals surface area contributed by atoms with Crippen LogP contribution in [0.1, 0.15) is 0 Å². The second-order valence-electron chi connectivity index (χ2n) is 6.52. The van der Waals surface area contributed by atoms with Gasteiger partial charge in [-0.3, -0.25) is 0 Å². The van der Waals surface area contributed by atoms with Gasteiger partial charge in [0, 0.05) is 22.1 Å². The lowest BCUT2D eigenvalue weighted by atomic mass is 10.0. The van der Waals surface area contributed by atoms with E-state index >= 15 is 0 Å². The zero-order valence-corrected chi connectivity index (χ0v) is 17.6. The van der Waals surface area contributed by atoms with Crippen LogP contribution in [0.2, 0.25) is 13.1 Å². The van der Waals surface area contributed by atoms with Crippen molar-refractivity contribution in [2.75, 3.05) is 21.3 Å². The molecule has 3 nitrogen and oxygen atoms in total. The smallest absolute Gasteiger partial charge is 0.227 e. The Bertz CT molecular complexity index is 802. The third-order valence-corrected chi connectivity index (χ3v) is 9.72. The fourth-order valence-corrected chi connectivity index (χ4v) is 5.90. The molecule has 0 bridgehead atoms. The summed E-state index contributed by atoms with van der Waals surface area (Å²) in [5.41, 5.74) is 3.60. The molecule has 0 spiro atoms. The Morgan fingerprint density at radius 3 is 1.69 bits per heavy atom. The Hall–Kier alpha value is -2.08. The molecular weight excluding hydrogens is 360 g/mol. The molecule has 0 aliphatic carbocycles. The van der Waals surface area contributed by atoms with Crippen LogP contribution in [0.3, 0.4) is 0 Å². The molecule has 0 atom stereocenters. The molecule has 26 heavy (non-hydrogen) atoms. The standard InChI is InChI=1S/C21H24O3SSi/c1-22-17-10-6-15(7-11-17)19-14-20(26(4,5)24-3)25-21(19)16-8-12-18(23-2)13-9-16/h6-14H,1-5H3. The summed E-state index contributed by atoms with van der Waals surface area (Å²) in [6.45, 7) is 4.46. The average molecular weight is 385 g/mol. The van der Waals surface area contributed by atoms with Crippen LogP contribution in [-0.2, 0) is 4.43 Å². The molecule has 0 aliphatic heterocycles. The molecule has 3 aromatic rings. The minimum absolute atomic E-state index is 0.863. The molecular formula is C21H24O3SSi. The summed E-state index contributed by atoms with van der Waals surface area (Å²) < 4.78 is 17.8. The van der Waals surface area contributed by atoms with Crippen LogP contribution in [0.25, 0.3) is 21.6 Å². The van der Waals surface area contributed by atoms with E-state index in [-0.39, 0.29) is 0 Å². The van der Waals surface area contributed by atoms with Gasteiger partial charge in [0.15, 0.2) is 0 Å². The quantitative estimate of drug-likeness (QED) is 0.550. The second-order valence-corrected chi connectivity index (χ2v) is 11.9. The summed E-state index contributed by atoms with van der Waals surface area (Å²) in [5, 5.41) is 0. The molecule has 0 unspecified atom stereocenters. The van der Waals surface area contributed by atoms with Gasteiger partial charge in [-0.1, -0.05) is 12.1 Å². The third-order valence-electron chi connectivity index (χ3n) is 4.59. The van der Waals surface area contributed by atoms with Crippen molar-refractivity contribution in [2.45, 2.75) is 13.1 Å². The molecule has 1 aromatic heterocycles. The highest BCUT2D eigenvalue weighted by molar-refractivity contribution is 7.28. The van der Waals surface area contributed by atoms with Crippen molar-refractivity contribution in [3.63, 3.8) is 0 Å². The predicted octanol–water partition coefficient (Wildman–Crippen LogP) is 5.16. The number of rotatable bonds is 6. The molecule has 0 saturated carbocycles. The van der Waals surface area contributed by atoms with Gasteiger partial charge in [0.25, 0.3) is 0 Å². The SMILES string of the molecule is COc1ccc(-c2cc([Si](C)(C)OC)sc2-c2ccc(OC)cc2)cc1. The zero-order valence-electron chi connectivity index (χ0n) is 15.8. The molecule has 0 N–H and O–H groups in total. The molecule has 0 radical (unpaired) electrons. The lowest BCUT2D eigenvalue weighted by Gasteiger charge is -2.17. The Balaban J connectivity index is 2.13. The number of hydrogen-bond donors (Lipinski definition) is 0. The summed E-state index contributed by atoms with van der Waals surface area (Å²) >= 11 is 1.83. The summed E-state index contributed by atoms with van der Waals surface area (Å²) in [6.07, 6.45) is 0. The van der Waals surface area contributed by atoms with E-state index in [1.807, 2.05) is 42.7 Å². The van der Waals surface area contributed by atoms with E-state index in [0.29, 0.717) is 0 Å². The van der Waals surface area contributed by atoms with Crippen LogP contribution in [-0.4, -0.2) is 29.6 Å². The van der Waals surface area contributed by atoms with E-state index in [4.69, 9.17) is 13.9 Å². The molecule has 1 heterocycles. The molecule has 136 valence electrons. The Morgan fingerprint density at radius 2 is 1.23 bits per heavy atom. The molecule has 3 rings (SSSR count). The molecule has 0 amide bonds. The first kappa shape index (κ1) is 18.7. The lowest BCUT2D eigenvalue weighted by Crippen LogP contribution is -2.41. The molecule has 5 heteroatoms. The van der Waals surface area contributed by atoms with Crippen LogP contribution >= 0.6 is 11.3 Å². The van der Waals surface area contributed by atoms with Gasteiger partial charge in [-0.05, 0) is 66.7 Å². The fourth-order valence-electron chi connectivity index (χ4n) is 2.73. The lowest BCUT2D eigenvalue weighted by molar-refractivity contribution is 0.414. The number of ether oxygens (including phenoxy) is 2. The summed E-state index contributed by atoms with van der Waals surface area (Å²) in [5.74, 6) is 1.73. The van der Waals surface area contributed by atoms with Crippen molar-refractivity contribution in [3.8, 4) is 33.1 Å². The molecule has 0 aliphatic rings. The Kier molecular flexibility index (Phi) is 5.51. The monoisotopic (exact) mass is 384 g/mol. The third kappa shape index (κ3) is 3.70. The van der Waals surface area contributed by atoms with Gasteiger partial charge < -0.3 is 13.9 Å². The predicted molar refractivity (Wildman–Crippen MR) is 112 cm³/mol. The minimum atomic E-state index is -1.90. The van der Waals surface area contributed by atoms with Gasteiger partial charge in [0.05, 0.1) is 14.2 Å². The van der Waals surface area contributed by atoms with Crippen molar-refractivity contribution in [1.82, 2.24) is 0 Å². The van der Waals surface area contributed by atoms with Crippen LogP contribution in [0.15, 0.2) is 54.6 Å². The number of thiophene rings is 1. The van der Waals surface area contributed by atoms with E-state index < -0.39 is 8.32 Å². The van der Waals surface area contributed by atoms with Gasteiger partial charge in [-0.2, -0.15) is 0 Å². The van der Waals surface area contributed by atoms with Crippen LogP contribution in [0, 0.1) is 0 Å². The molecule has 2 aromatic carbocycles. The molecule has 0 fully saturated rings. The highest BCUT2D eigenvalue weighted by Crippen LogP contribution is 2.38. The van der Waals surface area contributed by atoms with E-state index in [9.17, 15) is 0 Å². The summed E-state index contributed by atoms with van der Waals surface area (Å²) in [4.78, 5) is 1.26. The van der Waals surface area contributed by atoms with Crippen molar-refractivity contribution in [3.05, 3.63) is 54.6 Å². The maximum Gasteiger partial charge on any atom is 0.227 e. The highest BCUT2D eigenvalue weighted by atomic mass is 32.1. The normalized spacial score (nSPS) is 11.4. The largest absolute Gasteiger partial charge is 0.497 e. The van der Waals surface area contributed by atoms with Gasteiger partial charge in [0.2, 0.25) is 8.32 Å². The molecule has 0 saturated heterocycles. The first-order valence-electron chi connectivity index (χ1n) is 8.47.